The van der Waals surface area contributed by atoms with Crippen LogP contribution in [0.3, 0.4) is 0 Å². The van der Waals surface area contributed by atoms with Crippen molar-refractivity contribution in [3.8, 4) is 11.5 Å². The fourth-order valence-electron chi connectivity index (χ4n) is 2.60. The van der Waals surface area contributed by atoms with Gasteiger partial charge in [-0.1, -0.05) is 30.7 Å². The van der Waals surface area contributed by atoms with Crippen molar-refractivity contribution in [3.63, 3.8) is 0 Å². The van der Waals surface area contributed by atoms with Crippen LogP contribution >= 0.6 is 11.6 Å². The third kappa shape index (κ3) is 5.27. The van der Waals surface area contributed by atoms with Gasteiger partial charge in [0, 0.05) is 11.8 Å². The van der Waals surface area contributed by atoms with E-state index >= 15 is 0 Å². The van der Waals surface area contributed by atoms with E-state index in [-0.39, 0.29) is 6.61 Å². The molecule has 1 amide bonds. The summed E-state index contributed by atoms with van der Waals surface area (Å²) in [7, 11) is 0. The number of anilines is 1. The van der Waals surface area contributed by atoms with Crippen molar-refractivity contribution >= 4 is 35.2 Å². The van der Waals surface area contributed by atoms with Crippen LogP contribution in [0, 0.1) is 0 Å². The van der Waals surface area contributed by atoms with Gasteiger partial charge in [0.05, 0.1) is 5.02 Å². The fraction of sp³-hybridized carbons (Fsp3) is 0.238. The Hall–Kier alpha value is -2.99. The molecule has 1 aliphatic rings. The van der Waals surface area contributed by atoms with Gasteiger partial charge >= 0.3 is 5.97 Å². The van der Waals surface area contributed by atoms with Crippen molar-refractivity contribution in [1.82, 2.24) is 0 Å². The largest absolute Gasteiger partial charge is 0.486 e. The Balaban J connectivity index is 1.51. The van der Waals surface area contributed by atoms with Gasteiger partial charge in [0.15, 0.2) is 18.1 Å². The van der Waals surface area contributed by atoms with Crippen molar-refractivity contribution in [1.29, 1.82) is 0 Å². The topological polar surface area (TPSA) is 73.9 Å². The molecule has 2 aromatic carbocycles. The van der Waals surface area contributed by atoms with Gasteiger partial charge in [-0.3, -0.25) is 4.79 Å². The quantitative estimate of drug-likeness (QED) is 0.587. The molecule has 0 radical (unpaired) electrons. The number of hydrogen-bond donors (Lipinski definition) is 1. The SMILES string of the molecule is CCc1ccc(NC(=O)COC(=O)/C=C/c2cc(Cl)c3c(c2)OCCO3)cc1. The highest BCUT2D eigenvalue weighted by Gasteiger charge is 2.16. The summed E-state index contributed by atoms with van der Waals surface area (Å²) < 4.78 is 15.9. The highest BCUT2D eigenvalue weighted by molar-refractivity contribution is 6.32. The number of nitrogens with one attached hydrogen (secondary N) is 1. The third-order valence-electron chi connectivity index (χ3n) is 4.02. The van der Waals surface area contributed by atoms with Gasteiger partial charge in [-0.15, -0.1) is 0 Å². The highest BCUT2D eigenvalue weighted by atomic mass is 35.5. The summed E-state index contributed by atoms with van der Waals surface area (Å²) in [5.41, 5.74) is 2.49. The van der Waals surface area contributed by atoms with E-state index in [1.165, 1.54) is 17.7 Å². The normalized spacial score (nSPS) is 12.6. The molecule has 0 atom stereocenters. The van der Waals surface area contributed by atoms with E-state index in [1.54, 1.807) is 12.1 Å². The first-order valence-electron chi connectivity index (χ1n) is 8.88. The summed E-state index contributed by atoms with van der Waals surface area (Å²) in [6.45, 7) is 2.56. The molecule has 0 spiro atoms. The number of halogens is 1. The average molecular weight is 402 g/mol. The van der Waals surface area contributed by atoms with Gasteiger partial charge in [-0.25, -0.2) is 4.79 Å². The first-order valence-corrected chi connectivity index (χ1v) is 9.25. The zero-order chi connectivity index (χ0) is 19.9. The molecular formula is C21H20ClNO5. The van der Waals surface area contributed by atoms with Gasteiger partial charge in [-0.2, -0.15) is 0 Å². The maximum Gasteiger partial charge on any atom is 0.331 e. The van der Waals surface area contributed by atoms with Crippen molar-refractivity contribution in [2.75, 3.05) is 25.1 Å². The molecule has 0 saturated carbocycles. The number of ether oxygens (including phenoxy) is 3. The molecule has 1 heterocycles. The van der Waals surface area contributed by atoms with E-state index in [2.05, 4.69) is 12.2 Å². The van der Waals surface area contributed by atoms with Crippen LogP contribution in [0.25, 0.3) is 6.08 Å². The van der Waals surface area contributed by atoms with Crippen LogP contribution in [0.5, 0.6) is 11.5 Å². The van der Waals surface area contributed by atoms with Crippen LogP contribution in [0.4, 0.5) is 5.69 Å². The van der Waals surface area contributed by atoms with Gasteiger partial charge in [-0.05, 0) is 47.9 Å². The molecular weight excluding hydrogens is 382 g/mol. The van der Waals surface area contributed by atoms with Crippen LogP contribution in [0.15, 0.2) is 42.5 Å². The molecule has 0 saturated heterocycles. The Morgan fingerprint density at radius 3 is 2.68 bits per heavy atom. The molecule has 0 aromatic heterocycles. The minimum absolute atomic E-state index is 0.374. The molecule has 2 aromatic rings. The first kappa shape index (κ1) is 19.8. The smallest absolute Gasteiger partial charge is 0.331 e. The summed E-state index contributed by atoms with van der Waals surface area (Å²) in [5, 5.41) is 3.08. The lowest BCUT2D eigenvalue weighted by molar-refractivity contribution is -0.142. The lowest BCUT2D eigenvalue weighted by atomic mass is 10.1. The van der Waals surface area contributed by atoms with Crippen LogP contribution < -0.4 is 14.8 Å². The number of hydrogen-bond acceptors (Lipinski definition) is 5. The number of fused-ring (bicyclic) bond motifs is 1. The summed E-state index contributed by atoms with van der Waals surface area (Å²) in [6.07, 6.45) is 3.69. The summed E-state index contributed by atoms with van der Waals surface area (Å²) in [5.74, 6) is -0.0209. The Labute approximate surface area is 168 Å². The number of benzene rings is 2. The zero-order valence-corrected chi connectivity index (χ0v) is 16.1. The number of carbonyl (C=O) groups is 2. The van der Waals surface area contributed by atoms with Crippen LogP contribution in [0.1, 0.15) is 18.1 Å². The van der Waals surface area contributed by atoms with Crippen LogP contribution in [0.2, 0.25) is 5.02 Å². The number of carbonyl (C=O) groups excluding carboxylic acids is 2. The van der Waals surface area contributed by atoms with Crippen molar-refractivity contribution < 1.29 is 23.8 Å². The van der Waals surface area contributed by atoms with Gasteiger partial charge in [0.1, 0.15) is 13.2 Å². The lowest BCUT2D eigenvalue weighted by Gasteiger charge is -2.19. The molecule has 3 rings (SSSR count). The van der Waals surface area contributed by atoms with Crippen molar-refractivity contribution in [2.45, 2.75) is 13.3 Å². The third-order valence-corrected chi connectivity index (χ3v) is 4.30. The van der Waals surface area contributed by atoms with E-state index < -0.39 is 11.9 Å². The molecule has 0 aliphatic carbocycles. The van der Waals surface area contributed by atoms with E-state index in [9.17, 15) is 9.59 Å². The number of esters is 1. The second-order valence-corrected chi connectivity index (χ2v) is 6.47. The minimum Gasteiger partial charge on any atom is -0.486 e. The van der Waals surface area contributed by atoms with Crippen molar-refractivity contribution in [3.05, 3.63) is 58.6 Å². The van der Waals surface area contributed by atoms with Crippen molar-refractivity contribution in [2.24, 2.45) is 0 Å². The number of aryl methyl sites for hydroxylation is 1. The maximum atomic E-state index is 11.9. The predicted octanol–water partition coefficient (Wildman–Crippen LogP) is 3.87. The fourth-order valence-corrected chi connectivity index (χ4v) is 2.87. The summed E-state index contributed by atoms with van der Waals surface area (Å²) in [4.78, 5) is 23.7. The molecule has 1 aliphatic heterocycles. The zero-order valence-electron chi connectivity index (χ0n) is 15.4. The maximum absolute atomic E-state index is 11.9. The lowest BCUT2D eigenvalue weighted by Crippen LogP contribution is -2.20. The van der Waals surface area contributed by atoms with E-state index in [4.69, 9.17) is 25.8 Å². The molecule has 0 unspecified atom stereocenters. The first-order chi connectivity index (χ1) is 13.5. The molecule has 7 heteroatoms. The number of rotatable bonds is 6. The monoisotopic (exact) mass is 401 g/mol. The number of amides is 1. The Bertz CT molecular complexity index is 892. The van der Waals surface area contributed by atoms with Crippen LogP contribution in [-0.4, -0.2) is 31.7 Å². The molecule has 6 nitrogen and oxygen atoms in total. The summed E-state index contributed by atoms with van der Waals surface area (Å²) >= 11 is 6.15. The molecule has 1 N–H and O–H groups in total. The summed E-state index contributed by atoms with van der Waals surface area (Å²) in [6, 6.07) is 10.9. The Kier molecular flexibility index (Phi) is 6.55. The van der Waals surface area contributed by atoms with Gasteiger partial charge < -0.3 is 19.5 Å². The van der Waals surface area contributed by atoms with E-state index in [0.29, 0.717) is 41.0 Å². The van der Waals surface area contributed by atoms with Crippen LogP contribution in [-0.2, 0) is 20.7 Å². The minimum atomic E-state index is -0.637. The Morgan fingerprint density at radius 1 is 1.18 bits per heavy atom. The predicted molar refractivity (Wildman–Crippen MR) is 107 cm³/mol. The van der Waals surface area contributed by atoms with E-state index in [0.717, 1.165) is 6.42 Å². The average Bonchev–Trinajstić information content (AvgIpc) is 2.71. The van der Waals surface area contributed by atoms with Gasteiger partial charge in [0.2, 0.25) is 0 Å². The second kappa shape index (κ2) is 9.28. The molecule has 146 valence electrons. The molecule has 28 heavy (non-hydrogen) atoms. The highest BCUT2D eigenvalue weighted by Crippen LogP contribution is 2.38. The second-order valence-electron chi connectivity index (χ2n) is 6.07. The standard InChI is InChI=1S/C21H20ClNO5/c1-2-14-3-6-16(7-4-14)23-19(24)13-28-20(25)8-5-15-11-17(22)21-18(12-15)26-9-10-27-21/h3-8,11-12H,2,9-10,13H2,1H3,(H,23,24)/b8-5+. The Morgan fingerprint density at radius 2 is 1.93 bits per heavy atom. The van der Waals surface area contributed by atoms with Gasteiger partial charge in [0.25, 0.3) is 5.91 Å². The molecule has 0 bridgehead atoms. The van der Waals surface area contributed by atoms with E-state index in [1.807, 2.05) is 24.3 Å². The molecule has 0 fully saturated rings.